The molecule has 0 aliphatic heterocycles. The first-order valence-electron chi connectivity index (χ1n) is 6.38. The zero-order valence-electron chi connectivity index (χ0n) is 11.3. The van der Waals surface area contributed by atoms with E-state index >= 15 is 0 Å². The van der Waals surface area contributed by atoms with Crippen molar-refractivity contribution in [3.05, 3.63) is 28.8 Å². The molecule has 2 rings (SSSR count). The zero-order chi connectivity index (χ0) is 14.3. The Labute approximate surface area is 133 Å². The molecule has 0 atom stereocenters. The summed E-state index contributed by atoms with van der Waals surface area (Å²) in [4.78, 5) is 4.55. The Hall–Kier alpha value is 0.153. The van der Waals surface area contributed by atoms with Gasteiger partial charge in [0.15, 0.2) is 0 Å². The molecule has 0 unspecified atom stereocenters. The van der Waals surface area contributed by atoms with Gasteiger partial charge in [0.2, 0.25) is 0 Å². The molecule has 104 valence electrons. The topological polar surface area (TPSA) is 32.6 Å². The van der Waals surface area contributed by atoms with Crippen LogP contribution in [-0.4, -0.2) is 17.4 Å². The Bertz CT molecular complexity index is 432. The first-order chi connectivity index (χ1) is 9.08. The van der Waals surface area contributed by atoms with Crippen LogP contribution in [0.25, 0.3) is 0 Å². The van der Waals surface area contributed by atoms with Gasteiger partial charge >= 0.3 is 37.9 Å². The van der Waals surface area contributed by atoms with E-state index in [-0.39, 0.29) is 0 Å². The van der Waals surface area contributed by atoms with Gasteiger partial charge in [-0.15, -0.1) is 0 Å². The summed E-state index contributed by atoms with van der Waals surface area (Å²) < 4.78 is 0. The molecule has 19 heavy (non-hydrogen) atoms. The van der Waals surface area contributed by atoms with E-state index in [4.69, 9.17) is 17.0 Å². The molecule has 1 aromatic rings. The summed E-state index contributed by atoms with van der Waals surface area (Å²) in [6.45, 7) is 3.97. The summed E-state index contributed by atoms with van der Waals surface area (Å²) in [6, 6.07) is 4.45. The third-order valence-corrected chi connectivity index (χ3v) is 3.22. The predicted octanol–water partition coefficient (Wildman–Crippen LogP) is 4.75. The van der Waals surface area contributed by atoms with Crippen LogP contribution < -0.4 is 0 Å². The molecule has 0 heterocycles. The average Bonchev–Trinajstić information content (AvgIpc) is 2.86. The van der Waals surface area contributed by atoms with Crippen LogP contribution in [0.3, 0.4) is 0 Å². The maximum absolute atomic E-state index is 9.90. The molecule has 0 amide bonds. The van der Waals surface area contributed by atoms with Gasteiger partial charge in [-0.25, -0.2) is 0 Å². The van der Waals surface area contributed by atoms with Crippen LogP contribution in [0.1, 0.15) is 42.4 Å². The quantitative estimate of drug-likeness (QED) is 0.739. The second-order valence-electron chi connectivity index (χ2n) is 4.81. The fraction of sp³-hybridized carbons (Fsp3) is 0.500. The Kier molecular flexibility index (Phi) is 8.29. The first-order valence-corrected chi connectivity index (χ1v) is 12.7. The van der Waals surface area contributed by atoms with E-state index in [0.29, 0.717) is 11.8 Å². The molecule has 5 heteroatoms. The molecule has 0 radical (unpaired) electrons. The van der Waals surface area contributed by atoms with Crippen LogP contribution in [0.15, 0.2) is 17.1 Å². The second kappa shape index (κ2) is 9.16. The van der Waals surface area contributed by atoms with Gasteiger partial charge < -0.3 is 5.11 Å². The molecule has 1 aliphatic carbocycles. The number of phenolic OH excluding ortho intramolecular Hbond substituents is 1. The Balaban J connectivity index is 0.000000550. The van der Waals surface area contributed by atoms with Crippen LogP contribution in [0.5, 0.6) is 5.75 Å². The normalized spacial score (nSPS) is 15.4. The Morgan fingerprint density at radius 2 is 1.84 bits per heavy atom. The Morgan fingerprint density at radius 1 is 1.26 bits per heavy atom. The molecule has 1 aromatic carbocycles. The molecule has 0 saturated heterocycles. The third kappa shape index (κ3) is 5.98. The monoisotopic (exact) mass is 377 g/mol. The van der Waals surface area contributed by atoms with Crippen LogP contribution in [0, 0.1) is 13.8 Å². The third-order valence-electron chi connectivity index (χ3n) is 3.22. The van der Waals surface area contributed by atoms with E-state index in [0.717, 1.165) is 11.1 Å². The molecule has 1 N–H and O–H groups in total. The number of phenols is 1. The number of aromatic hydroxyl groups is 1. The van der Waals surface area contributed by atoms with Crippen molar-refractivity contribution >= 4 is 23.2 Å². The van der Waals surface area contributed by atoms with Gasteiger partial charge in [0.25, 0.3) is 0 Å². The van der Waals surface area contributed by atoms with E-state index in [1.807, 2.05) is 32.2 Å². The fourth-order valence-corrected chi connectivity index (χ4v) is 2.33. The van der Waals surface area contributed by atoms with E-state index in [2.05, 4.69) is 4.99 Å². The number of halogens is 2. The summed E-state index contributed by atoms with van der Waals surface area (Å²) in [5.74, 6) is 0.368. The predicted molar refractivity (Wildman–Crippen MR) is 79.1 cm³/mol. The van der Waals surface area contributed by atoms with Gasteiger partial charge in [-0.3, -0.25) is 4.99 Å². The molecule has 0 spiro atoms. The van der Waals surface area contributed by atoms with Crippen molar-refractivity contribution in [1.82, 2.24) is 0 Å². The van der Waals surface area contributed by atoms with Gasteiger partial charge in [0.1, 0.15) is 5.75 Å². The number of nitrogens with zero attached hydrogens (tertiary/aromatic N) is 1. The number of hydrogen-bond acceptors (Lipinski definition) is 2. The van der Waals surface area contributed by atoms with Gasteiger partial charge in [-0.2, -0.15) is 0 Å². The van der Waals surface area contributed by atoms with E-state index in [1.165, 1.54) is 31.2 Å². The number of benzene rings is 1. The van der Waals surface area contributed by atoms with Crippen molar-refractivity contribution in [3.63, 3.8) is 0 Å². The first kappa shape index (κ1) is 17.2. The number of aryl methyl sites for hydroxylation is 2. The van der Waals surface area contributed by atoms with Crippen LogP contribution in [-0.2, 0) is 20.8 Å². The molecule has 1 fully saturated rings. The van der Waals surface area contributed by atoms with Crippen molar-refractivity contribution in [2.45, 2.75) is 45.6 Å². The van der Waals surface area contributed by atoms with Crippen LogP contribution in [0.2, 0.25) is 0 Å². The SMILES string of the molecule is Cc1cc(C)c(O)c(C=NC2CCCC2)c1.[Cl][Zr][Cl]. The number of aliphatic imine (C=N–C) groups is 1. The van der Waals surface area contributed by atoms with Crippen molar-refractivity contribution in [3.8, 4) is 5.75 Å². The minimum atomic E-state index is -0.826. The van der Waals surface area contributed by atoms with Crippen molar-refractivity contribution in [1.29, 1.82) is 0 Å². The molecule has 2 nitrogen and oxygen atoms in total. The zero-order valence-corrected chi connectivity index (χ0v) is 15.3. The average molecular weight is 379 g/mol. The van der Waals surface area contributed by atoms with E-state index < -0.39 is 20.8 Å². The van der Waals surface area contributed by atoms with E-state index in [9.17, 15) is 5.11 Å². The van der Waals surface area contributed by atoms with Gasteiger partial charge in [0.05, 0.1) is 0 Å². The molecule has 0 aromatic heterocycles. The van der Waals surface area contributed by atoms with Crippen LogP contribution in [0.4, 0.5) is 0 Å². The van der Waals surface area contributed by atoms with Crippen molar-refractivity contribution in [2.24, 2.45) is 4.99 Å². The van der Waals surface area contributed by atoms with Gasteiger partial charge in [-0.05, 0) is 43.9 Å². The summed E-state index contributed by atoms with van der Waals surface area (Å²) >= 11 is -0.826. The number of rotatable bonds is 2. The van der Waals surface area contributed by atoms with Crippen LogP contribution >= 0.6 is 17.0 Å². The summed E-state index contributed by atoms with van der Waals surface area (Å²) in [5.41, 5.74) is 2.94. The van der Waals surface area contributed by atoms with E-state index in [1.54, 1.807) is 0 Å². The maximum atomic E-state index is 9.90. The van der Waals surface area contributed by atoms with Gasteiger partial charge in [-0.1, -0.05) is 18.9 Å². The fourth-order valence-electron chi connectivity index (χ4n) is 2.33. The minimum absolute atomic E-state index is 0.368. The molecular weight excluding hydrogens is 360 g/mol. The standard InChI is InChI=1S/C14H19NO.2ClH.Zr/c1-10-7-11(2)14(16)12(8-10)9-15-13-5-3-4-6-13;;;/h7-9,13,16H,3-6H2,1-2H3;2*1H;/q;;;+2/p-2. The van der Waals surface area contributed by atoms with Crippen molar-refractivity contribution in [2.75, 3.05) is 0 Å². The molecular formula is C14H19Cl2NOZr. The summed E-state index contributed by atoms with van der Waals surface area (Å²) in [6.07, 6.45) is 6.82. The Morgan fingerprint density at radius 3 is 2.42 bits per heavy atom. The van der Waals surface area contributed by atoms with Crippen molar-refractivity contribution < 1.29 is 26.0 Å². The molecule has 1 saturated carbocycles. The summed E-state index contributed by atoms with van der Waals surface area (Å²) in [7, 11) is 9.87. The summed E-state index contributed by atoms with van der Waals surface area (Å²) in [5, 5.41) is 9.90. The molecule has 0 bridgehead atoms. The number of hydrogen-bond donors (Lipinski definition) is 1. The molecule has 1 aliphatic rings. The second-order valence-corrected chi connectivity index (χ2v) is 8.54. The van der Waals surface area contributed by atoms with Gasteiger partial charge in [0, 0.05) is 17.8 Å².